The first kappa shape index (κ1) is 27.6. The predicted octanol–water partition coefficient (Wildman–Crippen LogP) is 3.40. The normalized spacial score (nSPS) is 17.8. The van der Waals surface area contributed by atoms with E-state index in [4.69, 9.17) is 0 Å². The smallest absolute Gasteiger partial charge is 0.275 e. The van der Waals surface area contributed by atoms with Crippen molar-refractivity contribution in [1.29, 1.82) is 0 Å². The van der Waals surface area contributed by atoms with Crippen molar-refractivity contribution in [3.05, 3.63) is 93.8 Å². The van der Waals surface area contributed by atoms with Gasteiger partial charge >= 0.3 is 0 Å². The number of hydrogen-bond acceptors (Lipinski definition) is 7. The number of carbonyl (C=O) groups is 1. The van der Waals surface area contributed by atoms with E-state index in [0.29, 0.717) is 54.6 Å². The fraction of sp³-hybridized carbons (Fsp3) is 0.364. The fourth-order valence-corrected chi connectivity index (χ4v) is 6.91. The summed E-state index contributed by atoms with van der Waals surface area (Å²) < 4.78 is 3.71. The van der Waals surface area contributed by atoms with Gasteiger partial charge in [0.2, 0.25) is 0 Å². The molecule has 7 rings (SSSR count). The zero-order valence-electron chi connectivity index (χ0n) is 24.5. The number of rotatable bonds is 6. The van der Waals surface area contributed by atoms with Gasteiger partial charge in [0.1, 0.15) is 17.2 Å². The van der Waals surface area contributed by atoms with Crippen molar-refractivity contribution in [2.45, 2.75) is 51.4 Å². The van der Waals surface area contributed by atoms with Crippen LogP contribution in [0.25, 0.3) is 11.1 Å². The summed E-state index contributed by atoms with van der Waals surface area (Å²) in [6, 6.07) is 15.1. The summed E-state index contributed by atoms with van der Waals surface area (Å²) in [4.78, 5) is 33.7. The van der Waals surface area contributed by atoms with Crippen molar-refractivity contribution in [2.75, 3.05) is 29.5 Å². The molecule has 1 aromatic carbocycles. The summed E-state index contributed by atoms with van der Waals surface area (Å²) in [5.41, 5.74) is 5.34. The van der Waals surface area contributed by atoms with Crippen LogP contribution in [0.4, 0.5) is 17.2 Å². The van der Waals surface area contributed by atoms with Gasteiger partial charge in [-0.25, -0.2) is 9.99 Å². The molecule has 1 amide bonds. The molecule has 1 aliphatic carbocycles. The number of pyridine rings is 2. The third kappa shape index (κ3) is 4.66. The van der Waals surface area contributed by atoms with Crippen molar-refractivity contribution in [3.63, 3.8) is 0 Å². The van der Waals surface area contributed by atoms with E-state index >= 15 is 0 Å². The van der Waals surface area contributed by atoms with E-state index in [1.165, 1.54) is 15.8 Å². The highest BCUT2D eigenvalue weighted by atomic mass is 16.3. The van der Waals surface area contributed by atoms with Gasteiger partial charge in [-0.15, -0.1) is 0 Å². The van der Waals surface area contributed by atoms with Crippen LogP contribution in [0.5, 0.6) is 0 Å². The van der Waals surface area contributed by atoms with Crippen LogP contribution in [0, 0.1) is 0 Å². The molecule has 0 radical (unpaired) electrons. The Morgan fingerprint density at radius 2 is 1.84 bits per heavy atom. The molecular weight excluding hydrogens is 544 g/mol. The minimum atomic E-state index is -0.867. The van der Waals surface area contributed by atoms with Crippen LogP contribution in [-0.4, -0.2) is 60.5 Å². The second-order valence-corrected chi connectivity index (χ2v) is 12.1. The number of benzene rings is 1. The molecule has 2 N–H and O–H groups in total. The van der Waals surface area contributed by atoms with Gasteiger partial charge in [-0.3, -0.25) is 14.6 Å². The highest BCUT2D eigenvalue weighted by Gasteiger charge is 2.42. The van der Waals surface area contributed by atoms with Gasteiger partial charge in [0.25, 0.3) is 11.5 Å². The first-order valence-corrected chi connectivity index (χ1v) is 14.9. The second-order valence-electron chi connectivity index (χ2n) is 12.1. The lowest BCUT2D eigenvalue weighted by Gasteiger charge is -2.49. The summed E-state index contributed by atoms with van der Waals surface area (Å²) in [6.07, 6.45) is 7.76. The minimum Gasteiger partial charge on any atom is -0.392 e. The van der Waals surface area contributed by atoms with E-state index in [1.807, 2.05) is 41.4 Å². The molecule has 0 bridgehead atoms. The molecule has 5 heterocycles. The molecule has 222 valence electrons. The van der Waals surface area contributed by atoms with E-state index in [9.17, 15) is 19.8 Å². The number of carbonyl (C=O) groups excluding carboxylic acids is 1. The first-order valence-electron chi connectivity index (χ1n) is 14.9. The van der Waals surface area contributed by atoms with Crippen molar-refractivity contribution in [2.24, 2.45) is 7.05 Å². The Bertz CT molecular complexity index is 1770. The van der Waals surface area contributed by atoms with Crippen molar-refractivity contribution in [1.82, 2.24) is 19.1 Å². The molecule has 0 spiro atoms. The Morgan fingerprint density at radius 3 is 2.58 bits per heavy atom. The Labute approximate surface area is 250 Å². The molecule has 3 aliphatic rings. The maximum absolute atomic E-state index is 13.9. The van der Waals surface area contributed by atoms with Gasteiger partial charge in [-0.2, -0.15) is 0 Å². The maximum Gasteiger partial charge on any atom is 0.275 e. The van der Waals surface area contributed by atoms with Crippen LogP contribution >= 0.6 is 0 Å². The zero-order chi connectivity index (χ0) is 29.9. The highest BCUT2D eigenvalue weighted by molar-refractivity contribution is 6.07. The number of aliphatic hydroxyl groups excluding tert-OH is 1. The van der Waals surface area contributed by atoms with E-state index in [-0.39, 0.29) is 18.1 Å². The third-order valence-electron chi connectivity index (χ3n) is 8.92. The molecule has 0 saturated carbocycles. The van der Waals surface area contributed by atoms with Crippen molar-refractivity contribution >= 4 is 23.1 Å². The number of anilines is 3. The Balaban J connectivity index is 1.30. The van der Waals surface area contributed by atoms with Gasteiger partial charge in [0.15, 0.2) is 0 Å². The van der Waals surface area contributed by atoms with Crippen molar-refractivity contribution in [3.8, 4) is 11.1 Å². The maximum atomic E-state index is 13.9. The molecule has 10 nitrogen and oxygen atoms in total. The van der Waals surface area contributed by atoms with Gasteiger partial charge in [-0.1, -0.05) is 18.2 Å². The molecule has 2 aliphatic heterocycles. The molecule has 1 saturated heterocycles. The number of fused-ring (bicyclic) bond motifs is 3. The monoisotopic (exact) mass is 580 g/mol. The lowest BCUT2D eigenvalue weighted by molar-refractivity contribution is -0.0836. The number of aromatic nitrogens is 3. The van der Waals surface area contributed by atoms with Crippen LogP contribution in [0.1, 0.15) is 47.1 Å². The average molecular weight is 581 g/mol. The van der Waals surface area contributed by atoms with E-state index in [0.717, 1.165) is 36.8 Å². The lowest BCUT2D eigenvalue weighted by atomic mass is 9.97. The summed E-state index contributed by atoms with van der Waals surface area (Å²) >= 11 is 0. The lowest BCUT2D eigenvalue weighted by Crippen LogP contribution is -2.65. The SMILES string of the molecule is Cn1cc(-c2cccc(N3CCn4c(cc5c4CCCC5)C3=O)c2CO)cc(N(c2ccccn2)N2CC(C)(O)C2)c1=O. The number of nitrogens with zero attached hydrogens (tertiary/aromatic N) is 6. The van der Waals surface area contributed by atoms with Gasteiger partial charge in [0, 0.05) is 62.4 Å². The van der Waals surface area contributed by atoms with Crippen LogP contribution in [0.3, 0.4) is 0 Å². The predicted molar refractivity (Wildman–Crippen MR) is 164 cm³/mol. The molecule has 4 aromatic rings. The van der Waals surface area contributed by atoms with Gasteiger partial charge < -0.3 is 24.2 Å². The second kappa shape index (κ2) is 10.5. The number of hydrogen-bond donors (Lipinski definition) is 2. The van der Waals surface area contributed by atoms with E-state index < -0.39 is 5.60 Å². The molecule has 43 heavy (non-hydrogen) atoms. The Hall–Kier alpha value is -4.25. The largest absolute Gasteiger partial charge is 0.392 e. The first-order chi connectivity index (χ1) is 20.8. The summed E-state index contributed by atoms with van der Waals surface area (Å²) in [6.45, 7) is 3.41. The van der Waals surface area contributed by atoms with Crippen LogP contribution in [0.15, 0.2) is 65.7 Å². The quantitative estimate of drug-likeness (QED) is 0.360. The Morgan fingerprint density at radius 1 is 1.02 bits per heavy atom. The van der Waals surface area contributed by atoms with Gasteiger partial charge in [0.05, 0.1) is 17.9 Å². The molecule has 1 fully saturated rings. The third-order valence-corrected chi connectivity index (χ3v) is 8.92. The van der Waals surface area contributed by atoms with E-state index in [1.54, 1.807) is 42.3 Å². The highest BCUT2D eigenvalue weighted by Crippen LogP contribution is 2.37. The van der Waals surface area contributed by atoms with Crippen LogP contribution < -0.4 is 15.5 Å². The number of hydrazine groups is 1. The topological polar surface area (TPSA) is 107 Å². The standard InChI is InChI=1S/C33H36N6O4/c1-33(43)20-36(21-33)39(30-12-5-6-13-34-30)29-17-23(18-35(2)31(29)41)24-9-7-11-27(25(24)19-40)38-15-14-37-26-10-4-3-8-22(26)16-28(37)32(38)42/h5-7,9,11-13,16-18,40,43H,3-4,8,10,14-15,19-21H2,1-2H3. The molecule has 0 unspecified atom stereocenters. The summed E-state index contributed by atoms with van der Waals surface area (Å²) in [5.74, 6) is 0.507. The van der Waals surface area contributed by atoms with Gasteiger partial charge in [-0.05, 0) is 74.1 Å². The average Bonchev–Trinajstić information content (AvgIpc) is 3.38. The molecular formula is C33H36N6O4. The Kier molecular flexibility index (Phi) is 6.72. The van der Waals surface area contributed by atoms with E-state index in [2.05, 4.69) is 15.6 Å². The number of amides is 1. The summed E-state index contributed by atoms with van der Waals surface area (Å²) in [5, 5.41) is 24.9. The number of aliphatic hydroxyl groups is 2. The number of aryl methyl sites for hydroxylation is 2. The fourth-order valence-electron chi connectivity index (χ4n) is 6.91. The molecule has 10 heteroatoms. The van der Waals surface area contributed by atoms with Crippen LogP contribution in [-0.2, 0) is 33.0 Å². The molecule has 3 aromatic heterocycles. The summed E-state index contributed by atoms with van der Waals surface area (Å²) in [7, 11) is 1.70. The van der Waals surface area contributed by atoms with Crippen LogP contribution in [0.2, 0.25) is 0 Å². The number of β-amino-alcohol motifs (C(OH)–C–C–N with tert-alkyl or cyclic N) is 1. The zero-order valence-corrected chi connectivity index (χ0v) is 24.5. The minimum absolute atomic E-state index is 0.0557. The van der Waals surface area contributed by atoms with Crippen molar-refractivity contribution < 1.29 is 15.0 Å². The molecule has 0 atom stereocenters.